The summed E-state index contributed by atoms with van der Waals surface area (Å²) >= 11 is 0. The monoisotopic (exact) mass is 504 g/mol. The molecule has 1 aliphatic heterocycles. The number of benzene rings is 2. The van der Waals surface area contributed by atoms with Gasteiger partial charge in [-0.1, -0.05) is 30.3 Å². The molecule has 3 aromatic rings. The summed E-state index contributed by atoms with van der Waals surface area (Å²) in [5, 5.41) is 13.0. The van der Waals surface area contributed by atoms with E-state index in [4.69, 9.17) is 9.47 Å². The molecule has 194 valence electrons. The first-order valence-electron chi connectivity index (χ1n) is 12.5. The van der Waals surface area contributed by atoms with Crippen LogP contribution in [0.25, 0.3) is 0 Å². The summed E-state index contributed by atoms with van der Waals surface area (Å²) in [5.74, 6) is 0.546. The largest absolute Gasteiger partial charge is 0.514 e. The molecule has 1 saturated heterocycles. The molecule has 8 nitrogen and oxygen atoms in total. The molecule has 37 heavy (non-hydrogen) atoms. The molecule has 1 aromatic heterocycles. The average molecular weight is 505 g/mol. The lowest BCUT2D eigenvalue weighted by Crippen LogP contribution is -2.66. The van der Waals surface area contributed by atoms with Crippen LogP contribution in [0.4, 0.5) is 10.5 Å². The second-order valence-electron chi connectivity index (χ2n) is 10.3. The quantitative estimate of drug-likeness (QED) is 0.379. The van der Waals surface area contributed by atoms with E-state index in [0.29, 0.717) is 35.9 Å². The van der Waals surface area contributed by atoms with Crippen molar-refractivity contribution in [3.8, 4) is 11.5 Å². The number of nitrogens with zero attached hydrogens (tertiary/aromatic N) is 2. The van der Waals surface area contributed by atoms with Gasteiger partial charge in [-0.2, -0.15) is 4.79 Å². The van der Waals surface area contributed by atoms with Crippen LogP contribution in [0.15, 0.2) is 73.1 Å². The van der Waals surface area contributed by atoms with Crippen molar-refractivity contribution in [2.24, 2.45) is 0 Å². The first-order chi connectivity index (χ1) is 17.7. The lowest BCUT2D eigenvalue weighted by Gasteiger charge is -2.44. The highest BCUT2D eigenvalue weighted by atomic mass is 16.5. The van der Waals surface area contributed by atoms with Crippen molar-refractivity contribution in [1.29, 1.82) is 0 Å². The molecular formula is C29H34N3O5+. The van der Waals surface area contributed by atoms with Crippen LogP contribution < -0.4 is 14.8 Å². The topological polar surface area (TPSA) is 97.8 Å². The van der Waals surface area contributed by atoms with Crippen molar-refractivity contribution >= 4 is 17.7 Å². The molecule has 1 unspecified atom stereocenters. The summed E-state index contributed by atoms with van der Waals surface area (Å²) < 4.78 is 12.1. The van der Waals surface area contributed by atoms with E-state index in [1.807, 2.05) is 51.1 Å². The second kappa shape index (κ2) is 11.0. The van der Waals surface area contributed by atoms with Crippen LogP contribution in [0.5, 0.6) is 11.5 Å². The molecule has 4 rings (SSSR count). The lowest BCUT2D eigenvalue weighted by atomic mass is 10.00. The average Bonchev–Trinajstić information content (AvgIpc) is 3.33. The fourth-order valence-corrected chi connectivity index (χ4v) is 5.08. The van der Waals surface area contributed by atoms with Gasteiger partial charge in [-0.15, -0.1) is 0 Å². The van der Waals surface area contributed by atoms with Crippen LogP contribution in [0.1, 0.15) is 49.5 Å². The number of hydrogen-bond acceptors (Lipinski definition) is 5. The van der Waals surface area contributed by atoms with Crippen LogP contribution >= 0.6 is 0 Å². The van der Waals surface area contributed by atoms with Crippen molar-refractivity contribution < 1.29 is 28.7 Å². The number of carbonyl (C=O) groups excluding carboxylic acids is 1. The number of anilines is 1. The number of carbonyl (C=O) groups is 2. The van der Waals surface area contributed by atoms with Gasteiger partial charge >= 0.3 is 6.09 Å². The molecular weight excluding hydrogens is 470 g/mol. The number of aromatic nitrogens is 1. The minimum atomic E-state index is -0.834. The zero-order valence-electron chi connectivity index (χ0n) is 21.5. The molecule has 2 N–H and O–H groups in total. The van der Waals surface area contributed by atoms with Gasteiger partial charge < -0.3 is 19.9 Å². The standard InChI is InChI=1S/C29H33N3O5/c1-29(2,3)32(28(34)35)16-8-12-23(32)20-36-24-13-14-26(37-19-21-9-5-4-6-10-21)25(17-24)27(33)31-22-11-7-15-30-18-22/h4-7,9-11,13-15,17-18,23H,8,12,16,19-20H2,1-3H3,(H-,31,33,34,35)/p+1/t23-,32?/m0/s1. The van der Waals surface area contributed by atoms with Gasteiger partial charge in [0.15, 0.2) is 0 Å². The van der Waals surface area contributed by atoms with Gasteiger partial charge in [-0.25, -0.2) is 4.48 Å². The van der Waals surface area contributed by atoms with E-state index in [1.54, 1.807) is 42.7 Å². The van der Waals surface area contributed by atoms with E-state index in [0.717, 1.165) is 18.4 Å². The van der Waals surface area contributed by atoms with E-state index >= 15 is 0 Å². The zero-order valence-corrected chi connectivity index (χ0v) is 21.5. The van der Waals surface area contributed by atoms with Gasteiger partial charge in [0, 0.05) is 19.0 Å². The Morgan fingerprint density at radius 1 is 1.08 bits per heavy atom. The van der Waals surface area contributed by atoms with Crippen molar-refractivity contribution in [3.05, 3.63) is 84.2 Å². The van der Waals surface area contributed by atoms with E-state index in [2.05, 4.69) is 10.3 Å². The Hall–Kier alpha value is -3.91. The molecule has 0 bridgehead atoms. The van der Waals surface area contributed by atoms with Crippen molar-refractivity contribution in [2.45, 2.75) is 51.8 Å². The summed E-state index contributed by atoms with van der Waals surface area (Å²) in [7, 11) is 0. The Morgan fingerprint density at radius 3 is 2.54 bits per heavy atom. The minimum Gasteiger partial charge on any atom is -0.488 e. The molecule has 2 atom stereocenters. The first kappa shape index (κ1) is 26.2. The lowest BCUT2D eigenvalue weighted by molar-refractivity contribution is -0.914. The van der Waals surface area contributed by atoms with Gasteiger partial charge in [0.1, 0.15) is 36.3 Å². The van der Waals surface area contributed by atoms with Crippen LogP contribution in [-0.2, 0) is 6.61 Å². The van der Waals surface area contributed by atoms with Crippen LogP contribution in [0.2, 0.25) is 0 Å². The molecule has 2 heterocycles. The SMILES string of the molecule is CC(C)(C)[N+]1(C(=O)O)CCC[C@H]1COc1ccc(OCc2ccccc2)c(C(=O)Nc2cccnc2)c1. The normalized spacial score (nSPS) is 19.3. The van der Waals surface area contributed by atoms with Crippen molar-refractivity contribution in [1.82, 2.24) is 4.98 Å². The third-order valence-corrected chi connectivity index (χ3v) is 7.00. The number of pyridine rings is 1. The fourth-order valence-electron chi connectivity index (χ4n) is 5.08. The predicted molar refractivity (Wildman–Crippen MR) is 141 cm³/mol. The number of quaternary nitrogens is 1. The summed E-state index contributed by atoms with van der Waals surface area (Å²) in [6, 6.07) is 18.1. The number of nitrogens with one attached hydrogen (secondary N) is 1. The second-order valence-corrected chi connectivity index (χ2v) is 10.3. The molecule has 1 aliphatic rings. The van der Waals surface area contributed by atoms with E-state index in [9.17, 15) is 14.7 Å². The molecule has 0 saturated carbocycles. The van der Waals surface area contributed by atoms with Gasteiger partial charge in [0.2, 0.25) is 0 Å². The van der Waals surface area contributed by atoms with E-state index in [1.165, 1.54) is 0 Å². The molecule has 0 aliphatic carbocycles. The molecule has 2 amide bonds. The Labute approximate surface area is 217 Å². The van der Waals surface area contributed by atoms with Gasteiger partial charge in [0.05, 0.1) is 24.0 Å². The van der Waals surface area contributed by atoms with E-state index < -0.39 is 11.6 Å². The predicted octanol–water partition coefficient (Wildman–Crippen LogP) is 5.75. The number of rotatable bonds is 8. The highest BCUT2D eigenvalue weighted by molar-refractivity contribution is 6.06. The van der Waals surface area contributed by atoms with Gasteiger partial charge in [-0.3, -0.25) is 9.78 Å². The third-order valence-electron chi connectivity index (χ3n) is 7.00. The van der Waals surface area contributed by atoms with E-state index in [-0.39, 0.29) is 23.0 Å². The van der Waals surface area contributed by atoms with Crippen molar-refractivity contribution in [2.75, 3.05) is 18.5 Å². The Balaban J connectivity index is 1.56. The maximum absolute atomic E-state index is 13.2. The summed E-state index contributed by atoms with van der Waals surface area (Å²) in [4.78, 5) is 29.7. The summed E-state index contributed by atoms with van der Waals surface area (Å²) in [6.07, 6.45) is 3.95. The number of likely N-dealkylation sites (tertiary alicyclic amines) is 1. The molecule has 1 fully saturated rings. The molecule has 2 aromatic carbocycles. The molecule has 0 spiro atoms. The van der Waals surface area contributed by atoms with Gasteiger partial charge in [-0.05, 0) is 56.7 Å². The van der Waals surface area contributed by atoms with Crippen LogP contribution in [-0.4, -0.2) is 51.3 Å². The Morgan fingerprint density at radius 2 is 1.86 bits per heavy atom. The third kappa shape index (κ3) is 5.75. The molecule has 8 heteroatoms. The smallest absolute Gasteiger partial charge is 0.488 e. The van der Waals surface area contributed by atoms with Crippen LogP contribution in [0.3, 0.4) is 0 Å². The summed E-state index contributed by atoms with van der Waals surface area (Å²) in [5.41, 5.74) is 1.39. The first-order valence-corrected chi connectivity index (χ1v) is 12.5. The zero-order chi connectivity index (χ0) is 26.5. The van der Waals surface area contributed by atoms with Gasteiger partial charge in [0.25, 0.3) is 5.91 Å². The highest BCUT2D eigenvalue weighted by Crippen LogP contribution is 2.37. The maximum Gasteiger partial charge on any atom is 0.514 e. The maximum atomic E-state index is 13.2. The Kier molecular flexibility index (Phi) is 7.78. The van der Waals surface area contributed by atoms with Crippen LogP contribution in [0, 0.1) is 0 Å². The van der Waals surface area contributed by atoms with Crippen molar-refractivity contribution in [3.63, 3.8) is 0 Å². The molecule has 0 radical (unpaired) electrons. The minimum absolute atomic E-state index is 0.0420. The number of hydrogen-bond donors (Lipinski definition) is 2. The summed E-state index contributed by atoms with van der Waals surface area (Å²) in [6.45, 7) is 6.98. The number of amides is 2. The number of ether oxygens (including phenoxy) is 2. The highest BCUT2D eigenvalue weighted by Gasteiger charge is 2.56. The fraction of sp³-hybridized carbons (Fsp3) is 0.345. The Bertz CT molecular complexity index is 1230. The number of carboxylic acid groups (broad SMARTS) is 1.